The molecule has 1 aliphatic heterocycles. The van der Waals surface area contributed by atoms with Crippen molar-refractivity contribution in [1.29, 1.82) is 0 Å². The van der Waals surface area contributed by atoms with E-state index in [0.717, 1.165) is 22.7 Å². The van der Waals surface area contributed by atoms with E-state index in [9.17, 15) is 22.4 Å². The van der Waals surface area contributed by atoms with E-state index in [0.29, 0.717) is 37.8 Å². The van der Waals surface area contributed by atoms with Gasteiger partial charge in [0.15, 0.2) is 5.82 Å². The first-order chi connectivity index (χ1) is 17.2. The molecule has 36 heavy (non-hydrogen) atoms. The lowest BCUT2D eigenvalue weighted by Gasteiger charge is -2.36. The topological polar surface area (TPSA) is 87.0 Å². The third-order valence-corrected chi connectivity index (χ3v) is 6.54. The van der Waals surface area contributed by atoms with Gasteiger partial charge in [0.2, 0.25) is 5.91 Å². The van der Waals surface area contributed by atoms with Crippen LogP contribution in [-0.4, -0.2) is 38.5 Å². The quantitative estimate of drug-likeness (QED) is 0.347. The molecule has 0 aliphatic carbocycles. The molecule has 2 unspecified atom stereocenters. The van der Waals surface area contributed by atoms with Crippen molar-refractivity contribution in [3.8, 4) is 11.5 Å². The molecule has 1 saturated heterocycles. The Morgan fingerprint density at radius 1 is 1.22 bits per heavy atom. The summed E-state index contributed by atoms with van der Waals surface area (Å²) < 4.78 is 57.8. The second-order valence-corrected chi connectivity index (χ2v) is 9.02. The molecule has 0 saturated carbocycles. The standard InChI is InChI=1S/C25H23F4N5O2/c1-14-10-16(23(35)31-18-3-5-21-15(11-18)6-8-30-21)7-9-34(14)13-22-32-24(36-33-22)17-2-4-20(26)19(12-17)25(27,28)29/h2-6,8,11-12,14,16,30H,7,9-10,13H2,1H3,(H,31,35). The van der Waals surface area contributed by atoms with E-state index in [-0.39, 0.29) is 29.3 Å². The predicted octanol–water partition coefficient (Wildman–Crippen LogP) is 5.62. The largest absolute Gasteiger partial charge is 0.419 e. The zero-order valence-corrected chi connectivity index (χ0v) is 19.3. The highest BCUT2D eigenvalue weighted by molar-refractivity contribution is 5.95. The van der Waals surface area contributed by atoms with Crippen molar-refractivity contribution in [3.63, 3.8) is 0 Å². The van der Waals surface area contributed by atoms with E-state index in [1.165, 1.54) is 6.07 Å². The fraction of sp³-hybridized carbons (Fsp3) is 0.320. The van der Waals surface area contributed by atoms with E-state index in [2.05, 4.69) is 25.3 Å². The number of nitrogens with one attached hydrogen (secondary N) is 2. The molecular weight excluding hydrogens is 478 g/mol. The van der Waals surface area contributed by atoms with Gasteiger partial charge in [-0.1, -0.05) is 5.16 Å². The fourth-order valence-corrected chi connectivity index (χ4v) is 4.56. The average molecular weight is 501 g/mol. The van der Waals surface area contributed by atoms with Gasteiger partial charge in [-0.3, -0.25) is 9.69 Å². The number of halogens is 4. The van der Waals surface area contributed by atoms with E-state index in [1.54, 1.807) is 0 Å². The van der Waals surface area contributed by atoms with Gasteiger partial charge in [-0.15, -0.1) is 0 Å². The number of hydrogen-bond acceptors (Lipinski definition) is 5. The first-order valence-corrected chi connectivity index (χ1v) is 11.5. The lowest BCUT2D eigenvalue weighted by atomic mass is 9.90. The lowest BCUT2D eigenvalue weighted by Crippen LogP contribution is -2.43. The Kier molecular flexibility index (Phi) is 6.25. The van der Waals surface area contributed by atoms with Crippen LogP contribution in [0.4, 0.5) is 23.2 Å². The number of likely N-dealkylation sites (tertiary alicyclic amines) is 1. The Balaban J connectivity index is 1.20. The third-order valence-electron chi connectivity index (χ3n) is 6.54. The van der Waals surface area contributed by atoms with Gasteiger partial charge >= 0.3 is 6.18 Å². The van der Waals surface area contributed by atoms with Crippen LogP contribution in [0.2, 0.25) is 0 Å². The maximum Gasteiger partial charge on any atom is 0.419 e. The summed E-state index contributed by atoms with van der Waals surface area (Å²) >= 11 is 0. The number of H-pyrrole nitrogens is 1. The van der Waals surface area contributed by atoms with Gasteiger partial charge in [0.1, 0.15) is 5.82 Å². The monoisotopic (exact) mass is 501 g/mol. The van der Waals surface area contributed by atoms with Crippen LogP contribution in [0.3, 0.4) is 0 Å². The molecule has 2 aromatic carbocycles. The minimum absolute atomic E-state index is 0.0104. The van der Waals surface area contributed by atoms with Gasteiger partial charge in [-0.2, -0.15) is 18.2 Å². The van der Waals surface area contributed by atoms with Gasteiger partial charge in [0.25, 0.3) is 5.89 Å². The number of aromatic nitrogens is 3. The maximum absolute atomic E-state index is 13.6. The van der Waals surface area contributed by atoms with Gasteiger partial charge in [-0.25, -0.2) is 4.39 Å². The molecule has 11 heteroatoms. The van der Waals surface area contributed by atoms with Crippen LogP contribution in [0.1, 0.15) is 31.2 Å². The summed E-state index contributed by atoms with van der Waals surface area (Å²) in [5, 5.41) is 7.90. The van der Waals surface area contributed by atoms with Crippen molar-refractivity contribution < 1.29 is 26.9 Å². The van der Waals surface area contributed by atoms with Crippen molar-refractivity contribution in [1.82, 2.24) is 20.0 Å². The molecular formula is C25H23F4N5O2. The van der Waals surface area contributed by atoms with Crippen LogP contribution >= 0.6 is 0 Å². The first-order valence-electron chi connectivity index (χ1n) is 11.5. The highest BCUT2D eigenvalue weighted by Crippen LogP contribution is 2.34. The number of alkyl halides is 3. The van der Waals surface area contributed by atoms with Crippen LogP contribution in [-0.2, 0) is 17.5 Å². The van der Waals surface area contributed by atoms with Crippen molar-refractivity contribution in [2.45, 2.75) is 38.5 Å². The number of amides is 1. The summed E-state index contributed by atoms with van der Waals surface area (Å²) in [6, 6.07) is 10.3. The summed E-state index contributed by atoms with van der Waals surface area (Å²) in [4.78, 5) is 22.3. The van der Waals surface area contributed by atoms with Crippen molar-refractivity contribution in [2.24, 2.45) is 5.92 Å². The van der Waals surface area contributed by atoms with Gasteiger partial charge < -0.3 is 14.8 Å². The molecule has 1 fully saturated rings. The number of piperidine rings is 1. The van der Waals surface area contributed by atoms with Crippen molar-refractivity contribution in [2.75, 3.05) is 11.9 Å². The number of hydrogen-bond donors (Lipinski definition) is 2. The molecule has 3 heterocycles. The number of benzene rings is 2. The number of carbonyl (C=O) groups is 1. The number of fused-ring (bicyclic) bond motifs is 1. The molecule has 7 nitrogen and oxygen atoms in total. The van der Waals surface area contributed by atoms with Gasteiger partial charge in [0, 0.05) is 40.3 Å². The Bertz CT molecular complexity index is 1400. The minimum atomic E-state index is -4.83. The Labute approximate surface area is 203 Å². The second kappa shape index (κ2) is 9.38. The Morgan fingerprint density at radius 3 is 2.83 bits per heavy atom. The normalized spacial score (nSPS) is 19.0. The third kappa shape index (κ3) is 4.97. The molecule has 2 aromatic heterocycles. The minimum Gasteiger partial charge on any atom is -0.361 e. The zero-order chi connectivity index (χ0) is 25.4. The molecule has 2 atom stereocenters. The molecule has 5 rings (SSSR count). The van der Waals surface area contributed by atoms with E-state index < -0.39 is 17.6 Å². The summed E-state index contributed by atoms with van der Waals surface area (Å²) in [7, 11) is 0. The molecule has 2 N–H and O–H groups in total. The smallest absolute Gasteiger partial charge is 0.361 e. The van der Waals surface area contributed by atoms with Crippen molar-refractivity contribution in [3.05, 3.63) is 65.9 Å². The van der Waals surface area contributed by atoms with Gasteiger partial charge in [0.05, 0.1) is 12.1 Å². The van der Waals surface area contributed by atoms with Crippen LogP contribution < -0.4 is 5.32 Å². The number of nitrogens with zero attached hydrogens (tertiary/aromatic N) is 3. The highest BCUT2D eigenvalue weighted by atomic mass is 19.4. The molecule has 1 amide bonds. The molecule has 0 bridgehead atoms. The maximum atomic E-state index is 13.6. The summed E-state index contributed by atoms with van der Waals surface area (Å²) in [5.74, 6) is -1.36. The average Bonchev–Trinajstić information content (AvgIpc) is 3.49. The highest BCUT2D eigenvalue weighted by Gasteiger charge is 2.35. The zero-order valence-electron chi connectivity index (χ0n) is 19.3. The number of aromatic amines is 1. The van der Waals surface area contributed by atoms with Crippen LogP contribution in [0.15, 0.2) is 53.2 Å². The second-order valence-electron chi connectivity index (χ2n) is 9.02. The van der Waals surface area contributed by atoms with Crippen LogP contribution in [0.5, 0.6) is 0 Å². The molecule has 4 aromatic rings. The number of anilines is 1. The van der Waals surface area contributed by atoms with Gasteiger partial charge in [-0.05, 0) is 68.8 Å². The molecule has 188 valence electrons. The van der Waals surface area contributed by atoms with Crippen molar-refractivity contribution >= 4 is 22.5 Å². The Hall–Kier alpha value is -3.73. The van der Waals surface area contributed by atoms with Crippen LogP contribution in [0.25, 0.3) is 22.4 Å². The first kappa shape index (κ1) is 24.0. The molecule has 1 aliphatic rings. The summed E-state index contributed by atoms with van der Waals surface area (Å²) in [6.45, 7) is 2.94. The lowest BCUT2D eigenvalue weighted by molar-refractivity contribution is -0.140. The fourth-order valence-electron chi connectivity index (χ4n) is 4.56. The number of carbonyl (C=O) groups excluding carboxylic acids is 1. The summed E-state index contributed by atoms with van der Waals surface area (Å²) in [6.07, 6.45) is -1.71. The van der Waals surface area contributed by atoms with E-state index in [4.69, 9.17) is 4.52 Å². The number of rotatable bonds is 5. The molecule has 0 spiro atoms. The van der Waals surface area contributed by atoms with Crippen LogP contribution in [0, 0.1) is 11.7 Å². The van der Waals surface area contributed by atoms with E-state index >= 15 is 0 Å². The van der Waals surface area contributed by atoms with E-state index in [1.807, 2.05) is 37.4 Å². The SMILES string of the molecule is CC1CC(C(=O)Nc2ccc3[nH]ccc3c2)CCN1Cc1noc(-c2ccc(F)c(C(F)(F)F)c2)n1. The Morgan fingerprint density at radius 2 is 2.06 bits per heavy atom. The summed E-state index contributed by atoms with van der Waals surface area (Å²) in [5.41, 5.74) is 0.348. The predicted molar refractivity (Wildman–Crippen MR) is 124 cm³/mol. The molecule has 0 radical (unpaired) electrons.